The topological polar surface area (TPSA) is 28.7 Å². The Hall–Kier alpha value is -2.87. The van der Waals surface area contributed by atoms with Crippen LogP contribution in [0.5, 0.6) is 0 Å². The maximum atomic E-state index is 4.18. The SMILES string of the molecule is C(=C\c1c[nH]c2ccccc12)/c1cccc2cnccc12. The first kappa shape index (κ1) is 11.9. The van der Waals surface area contributed by atoms with Crippen molar-refractivity contribution in [3.8, 4) is 0 Å². The van der Waals surface area contributed by atoms with Gasteiger partial charge in [-0.05, 0) is 28.6 Å². The Morgan fingerprint density at radius 1 is 0.810 bits per heavy atom. The summed E-state index contributed by atoms with van der Waals surface area (Å²) in [5.74, 6) is 0. The zero-order chi connectivity index (χ0) is 14.1. The van der Waals surface area contributed by atoms with Crippen LogP contribution in [0.4, 0.5) is 0 Å². The van der Waals surface area contributed by atoms with Gasteiger partial charge in [0.2, 0.25) is 0 Å². The molecule has 0 saturated carbocycles. The van der Waals surface area contributed by atoms with E-state index < -0.39 is 0 Å². The van der Waals surface area contributed by atoms with Gasteiger partial charge in [0.15, 0.2) is 0 Å². The van der Waals surface area contributed by atoms with Crippen molar-refractivity contribution in [2.45, 2.75) is 0 Å². The highest BCUT2D eigenvalue weighted by Gasteiger charge is 2.00. The number of fused-ring (bicyclic) bond motifs is 2. The van der Waals surface area contributed by atoms with Crippen molar-refractivity contribution in [3.63, 3.8) is 0 Å². The molecule has 4 aromatic rings. The molecule has 0 aliphatic carbocycles. The molecule has 0 aliphatic rings. The number of benzene rings is 2. The van der Waals surface area contributed by atoms with Gasteiger partial charge < -0.3 is 4.98 Å². The van der Waals surface area contributed by atoms with Gasteiger partial charge in [-0.15, -0.1) is 0 Å². The zero-order valence-electron chi connectivity index (χ0n) is 11.5. The monoisotopic (exact) mass is 270 g/mol. The zero-order valence-corrected chi connectivity index (χ0v) is 11.5. The number of nitrogens with zero attached hydrogens (tertiary/aromatic N) is 1. The largest absolute Gasteiger partial charge is 0.361 e. The van der Waals surface area contributed by atoms with Gasteiger partial charge in [-0.2, -0.15) is 0 Å². The third-order valence-electron chi connectivity index (χ3n) is 3.78. The molecule has 1 N–H and O–H groups in total. The molecule has 2 aromatic heterocycles. The lowest BCUT2D eigenvalue weighted by atomic mass is 10.1. The van der Waals surface area contributed by atoms with Crippen LogP contribution in [0, 0.1) is 0 Å². The Morgan fingerprint density at radius 3 is 2.71 bits per heavy atom. The van der Waals surface area contributed by atoms with E-state index in [1.807, 2.05) is 24.7 Å². The number of para-hydroxylation sites is 1. The Bertz CT molecular complexity index is 943. The third-order valence-corrected chi connectivity index (χ3v) is 3.78. The fourth-order valence-corrected chi connectivity index (χ4v) is 2.70. The molecule has 0 atom stereocenters. The number of pyridine rings is 1. The smallest absolute Gasteiger partial charge is 0.0460 e. The maximum Gasteiger partial charge on any atom is 0.0460 e. The van der Waals surface area contributed by atoms with Crippen LogP contribution in [0.15, 0.2) is 67.1 Å². The number of hydrogen-bond acceptors (Lipinski definition) is 1. The third kappa shape index (κ3) is 2.11. The average molecular weight is 270 g/mol. The molecule has 0 fully saturated rings. The molecule has 0 unspecified atom stereocenters. The summed E-state index contributed by atoms with van der Waals surface area (Å²) in [6, 6.07) is 16.7. The average Bonchev–Trinajstić information content (AvgIpc) is 2.96. The van der Waals surface area contributed by atoms with Gasteiger partial charge in [0.25, 0.3) is 0 Å². The Kier molecular flexibility index (Phi) is 2.79. The van der Waals surface area contributed by atoms with E-state index in [0.29, 0.717) is 0 Å². The number of aromatic nitrogens is 2. The lowest BCUT2D eigenvalue weighted by molar-refractivity contribution is 1.36. The minimum Gasteiger partial charge on any atom is -0.361 e. The van der Waals surface area contributed by atoms with E-state index in [1.165, 1.54) is 32.8 Å². The molecule has 4 rings (SSSR count). The highest BCUT2D eigenvalue weighted by Crippen LogP contribution is 2.23. The first-order valence-corrected chi connectivity index (χ1v) is 6.99. The molecule has 0 saturated heterocycles. The summed E-state index contributed by atoms with van der Waals surface area (Å²) in [7, 11) is 0. The molecule has 2 heterocycles. The predicted octanol–water partition coefficient (Wildman–Crippen LogP) is 4.89. The van der Waals surface area contributed by atoms with Crippen LogP contribution in [0.3, 0.4) is 0 Å². The molecule has 0 radical (unpaired) electrons. The molecule has 0 amide bonds. The maximum absolute atomic E-state index is 4.18. The van der Waals surface area contributed by atoms with E-state index in [1.54, 1.807) is 0 Å². The van der Waals surface area contributed by atoms with Gasteiger partial charge in [0, 0.05) is 34.9 Å². The van der Waals surface area contributed by atoms with Crippen molar-refractivity contribution in [1.82, 2.24) is 9.97 Å². The Labute approximate surface area is 122 Å². The molecular formula is C19H14N2. The van der Waals surface area contributed by atoms with E-state index in [4.69, 9.17) is 0 Å². The van der Waals surface area contributed by atoms with Crippen LogP contribution in [-0.4, -0.2) is 9.97 Å². The molecule has 2 nitrogen and oxygen atoms in total. The van der Waals surface area contributed by atoms with Gasteiger partial charge in [0.05, 0.1) is 0 Å². The molecule has 100 valence electrons. The summed E-state index contributed by atoms with van der Waals surface area (Å²) < 4.78 is 0. The number of nitrogens with one attached hydrogen (secondary N) is 1. The second-order valence-corrected chi connectivity index (χ2v) is 5.07. The van der Waals surface area contributed by atoms with Crippen molar-refractivity contribution in [1.29, 1.82) is 0 Å². The predicted molar refractivity (Wildman–Crippen MR) is 89.0 cm³/mol. The van der Waals surface area contributed by atoms with E-state index in [2.05, 4.69) is 64.6 Å². The van der Waals surface area contributed by atoms with Crippen LogP contribution in [0.2, 0.25) is 0 Å². The number of rotatable bonds is 2. The summed E-state index contributed by atoms with van der Waals surface area (Å²) in [6.45, 7) is 0. The standard InChI is InChI=1S/C19H14N2/c1-2-7-19-18(6-1)16(13-21-19)9-8-14-4-3-5-15-12-20-11-10-17(14)15/h1-13,21H/b9-8+. The highest BCUT2D eigenvalue weighted by molar-refractivity contribution is 5.96. The van der Waals surface area contributed by atoms with E-state index in [9.17, 15) is 0 Å². The van der Waals surface area contributed by atoms with Crippen LogP contribution >= 0.6 is 0 Å². The molecule has 2 aromatic carbocycles. The van der Waals surface area contributed by atoms with Gasteiger partial charge in [-0.25, -0.2) is 0 Å². The van der Waals surface area contributed by atoms with Crippen molar-refractivity contribution < 1.29 is 0 Å². The minimum absolute atomic E-state index is 1.17. The summed E-state index contributed by atoms with van der Waals surface area (Å²) in [5, 5.41) is 3.64. The summed E-state index contributed by atoms with van der Waals surface area (Å²) in [5.41, 5.74) is 3.58. The number of H-pyrrole nitrogens is 1. The normalized spacial score (nSPS) is 11.6. The lowest BCUT2D eigenvalue weighted by Crippen LogP contribution is -1.79. The minimum atomic E-state index is 1.17. The molecule has 21 heavy (non-hydrogen) atoms. The van der Waals surface area contributed by atoms with Crippen molar-refractivity contribution >= 4 is 33.8 Å². The number of hydrogen-bond donors (Lipinski definition) is 1. The summed E-state index contributed by atoms with van der Waals surface area (Å²) in [6.07, 6.45) is 10.1. The molecule has 0 aliphatic heterocycles. The van der Waals surface area contributed by atoms with Crippen molar-refractivity contribution in [2.75, 3.05) is 0 Å². The van der Waals surface area contributed by atoms with Gasteiger partial charge >= 0.3 is 0 Å². The highest BCUT2D eigenvalue weighted by atomic mass is 14.7. The summed E-state index contributed by atoms with van der Waals surface area (Å²) in [4.78, 5) is 7.48. The molecule has 2 heteroatoms. The van der Waals surface area contributed by atoms with Gasteiger partial charge in [-0.1, -0.05) is 48.6 Å². The Morgan fingerprint density at radius 2 is 1.71 bits per heavy atom. The Balaban J connectivity index is 1.81. The van der Waals surface area contributed by atoms with Gasteiger partial charge in [0.1, 0.15) is 0 Å². The van der Waals surface area contributed by atoms with E-state index >= 15 is 0 Å². The van der Waals surface area contributed by atoms with E-state index in [0.717, 1.165) is 0 Å². The van der Waals surface area contributed by atoms with Crippen LogP contribution < -0.4 is 0 Å². The quantitative estimate of drug-likeness (QED) is 0.552. The fourth-order valence-electron chi connectivity index (χ4n) is 2.70. The first-order chi connectivity index (χ1) is 10.4. The number of aromatic amines is 1. The van der Waals surface area contributed by atoms with Crippen molar-refractivity contribution in [3.05, 3.63) is 78.2 Å². The van der Waals surface area contributed by atoms with E-state index in [-0.39, 0.29) is 0 Å². The fraction of sp³-hybridized carbons (Fsp3) is 0. The van der Waals surface area contributed by atoms with Crippen molar-refractivity contribution in [2.24, 2.45) is 0 Å². The molecule has 0 bridgehead atoms. The lowest BCUT2D eigenvalue weighted by Gasteiger charge is -2.01. The molecular weight excluding hydrogens is 256 g/mol. The summed E-state index contributed by atoms with van der Waals surface area (Å²) >= 11 is 0. The van der Waals surface area contributed by atoms with Crippen LogP contribution in [0.25, 0.3) is 33.8 Å². The van der Waals surface area contributed by atoms with Crippen LogP contribution in [-0.2, 0) is 0 Å². The van der Waals surface area contributed by atoms with Gasteiger partial charge in [-0.3, -0.25) is 4.98 Å². The second kappa shape index (κ2) is 4.91. The second-order valence-electron chi connectivity index (χ2n) is 5.07. The first-order valence-electron chi connectivity index (χ1n) is 6.99. The van der Waals surface area contributed by atoms with Crippen LogP contribution in [0.1, 0.15) is 11.1 Å². The molecule has 0 spiro atoms.